The first-order valence-corrected chi connectivity index (χ1v) is 16.0. The van der Waals surface area contributed by atoms with E-state index in [0.717, 1.165) is 13.0 Å². The van der Waals surface area contributed by atoms with Gasteiger partial charge in [0.25, 0.3) is 0 Å². The summed E-state index contributed by atoms with van der Waals surface area (Å²) in [5, 5.41) is 13.7. The Morgan fingerprint density at radius 2 is 1.21 bits per heavy atom. The van der Waals surface area contributed by atoms with Gasteiger partial charge in [-0.25, -0.2) is 0 Å². The van der Waals surface area contributed by atoms with E-state index in [0.29, 0.717) is 13.2 Å². The highest BCUT2D eigenvalue weighted by Gasteiger charge is 2.60. The summed E-state index contributed by atoms with van der Waals surface area (Å²) >= 11 is 0. The predicted molar refractivity (Wildman–Crippen MR) is 153 cm³/mol. The molecule has 0 radical (unpaired) electrons. The SMILES string of the molecule is CCCCCCCCCCCCCCCCNCC(O)COCC1O[C@@H]2OC(C)(C)O[C@@H]2[C@H]2OC(C)(C)O[C@@H]12. The van der Waals surface area contributed by atoms with Crippen LogP contribution in [0, 0.1) is 0 Å². The molecule has 8 heteroatoms. The van der Waals surface area contributed by atoms with Crippen LogP contribution in [0.3, 0.4) is 0 Å². The molecule has 8 nitrogen and oxygen atoms in total. The van der Waals surface area contributed by atoms with Crippen molar-refractivity contribution in [1.82, 2.24) is 5.32 Å². The fourth-order valence-corrected chi connectivity index (χ4v) is 5.92. The van der Waals surface area contributed by atoms with E-state index in [2.05, 4.69) is 12.2 Å². The molecular weight excluding hydrogens is 498 g/mol. The Balaban J connectivity index is 1.16. The molecule has 3 rings (SSSR count). The number of ether oxygens (including phenoxy) is 6. The molecule has 0 saturated carbocycles. The second-order valence-electron chi connectivity index (χ2n) is 12.7. The molecule has 2 unspecified atom stereocenters. The Bertz CT molecular complexity index is 661. The summed E-state index contributed by atoms with van der Waals surface area (Å²) in [4.78, 5) is 0. The summed E-state index contributed by atoms with van der Waals surface area (Å²) in [7, 11) is 0. The van der Waals surface area contributed by atoms with Gasteiger partial charge in [0.2, 0.25) is 0 Å². The minimum absolute atomic E-state index is 0.240. The van der Waals surface area contributed by atoms with E-state index in [9.17, 15) is 5.11 Å². The van der Waals surface area contributed by atoms with E-state index in [-0.39, 0.29) is 31.0 Å². The monoisotopic (exact) mass is 557 g/mol. The molecule has 230 valence electrons. The fraction of sp³-hybridized carbons (Fsp3) is 1.00. The zero-order chi connectivity index (χ0) is 28.1. The van der Waals surface area contributed by atoms with Crippen molar-refractivity contribution in [3.05, 3.63) is 0 Å². The van der Waals surface area contributed by atoms with E-state index in [4.69, 9.17) is 28.4 Å². The molecule has 3 heterocycles. The number of hydrogen-bond donors (Lipinski definition) is 2. The lowest BCUT2D eigenvalue weighted by molar-refractivity contribution is -0.243. The average Bonchev–Trinajstić information content (AvgIpc) is 3.37. The van der Waals surface area contributed by atoms with E-state index in [1.165, 1.54) is 83.5 Å². The second kappa shape index (κ2) is 17.0. The normalized spacial score (nSPS) is 29.8. The fourth-order valence-electron chi connectivity index (χ4n) is 5.92. The third-order valence-electron chi connectivity index (χ3n) is 7.93. The molecule has 0 aliphatic carbocycles. The molecule has 0 spiro atoms. The zero-order valence-corrected chi connectivity index (χ0v) is 25.6. The summed E-state index contributed by atoms with van der Waals surface area (Å²) in [6.07, 6.45) is 16.7. The average molecular weight is 558 g/mol. The maximum absolute atomic E-state index is 10.4. The van der Waals surface area contributed by atoms with Crippen LogP contribution in [0.1, 0.15) is 125 Å². The van der Waals surface area contributed by atoms with Crippen LogP contribution >= 0.6 is 0 Å². The lowest BCUT2D eigenvalue weighted by Crippen LogP contribution is -2.56. The Labute approximate surface area is 238 Å². The van der Waals surface area contributed by atoms with Crippen molar-refractivity contribution in [3.63, 3.8) is 0 Å². The quantitative estimate of drug-likeness (QED) is 0.170. The molecule has 3 aliphatic rings. The third kappa shape index (κ3) is 11.8. The molecule has 3 aliphatic heterocycles. The lowest BCUT2D eigenvalue weighted by atomic mass is 9.99. The van der Waals surface area contributed by atoms with E-state index in [1.807, 2.05) is 27.7 Å². The molecule has 0 aromatic rings. The van der Waals surface area contributed by atoms with Crippen molar-refractivity contribution in [3.8, 4) is 0 Å². The van der Waals surface area contributed by atoms with E-state index >= 15 is 0 Å². The van der Waals surface area contributed by atoms with Crippen molar-refractivity contribution in [1.29, 1.82) is 0 Å². The van der Waals surface area contributed by atoms with Crippen LogP contribution in [-0.4, -0.2) is 79.8 Å². The van der Waals surface area contributed by atoms with Gasteiger partial charge in [0, 0.05) is 6.54 Å². The van der Waals surface area contributed by atoms with E-state index in [1.54, 1.807) is 0 Å². The molecule has 39 heavy (non-hydrogen) atoms. The molecule has 3 fully saturated rings. The number of unbranched alkanes of at least 4 members (excludes halogenated alkanes) is 13. The first kappa shape index (κ1) is 33.2. The Kier molecular flexibility index (Phi) is 14.4. The Morgan fingerprint density at radius 3 is 1.82 bits per heavy atom. The molecule has 2 N–H and O–H groups in total. The van der Waals surface area contributed by atoms with Gasteiger partial charge in [0.15, 0.2) is 17.9 Å². The Morgan fingerprint density at radius 1 is 0.692 bits per heavy atom. The summed E-state index contributed by atoms with van der Waals surface area (Å²) < 4.78 is 36.2. The number of nitrogens with one attached hydrogen (secondary N) is 1. The minimum atomic E-state index is -0.736. The molecular formula is C31H59NO7. The first-order valence-electron chi connectivity index (χ1n) is 16.0. The van der Waals surface area contributed by atoms with Crippen LogP contribution in [0.25, 0.3) is 0 Å². The maximum atomic E-state index is 10.4. The lowest BCUT2D eigenvalue weighted by Gasteiger charge is -2.37. The van der Waals surface area contributed by atoms with Gasteiger partial charge in [-0.05, 0) is 40.7 Å². The highest BCUT2D eigenvalue weighted by Crippen LogP contribution is 2.44. The van der Waals surface area contributed by atoms with Gasteiger partial charge in [0.1, 0.15) is 24.4 Å². The zero-order valence-electron chi connectivity index (χ0n) is 25.6. The standard InChI is InChI=1S/C31H59NO7/c1-6-7-8-9-10-11-12-13-14-15-16-17-18-19-20-32-21-24(33)22-34-23-25-26-27(37-30(2,3)36-26)28-29(35-25)39-31(4,5)38-28/h24-29,32-33H,6-23H2,1-5H3/t24?,25?,26-,27-,28+,29+/m0/s1. The van der Waals surface area contributed by atoms with Crippen molar-refractivity contribution in [2.45, 2.75) is 173 Å². The molecule has 0 aromatic carbocycles. The number of aliphatic hydroxyl groups is 1. The van der Waals surface area contributed by atoms with Gasteiger partial charge in [-0.1, -0.05) is 90.4 Å². The number of hydrogen-bond acceptors (Lipinski definition) is 8. The topological polar surface area (TPSA) is 87.6 Å². The van der Waals surface area contributed by atoms with Crippen molar-refractivity contribution in [2.75, 3.05) is 26.3 Å². The van der Waals surface area contributed by atoms with Gasteiger partial charge in [-0.15, -0.1) is 0 Å². The van der Waals surface area contributed by atoms with Gasteiger partial charge >= 0.3 is 0 Å². The minimum Gasteiger partial charge on any atom is -0.389 e. The molecule has 0 amide bonds. The number of rotatable bonds is 21. The summed E-state index contributed by atoms with van der Waals surface area (Å²) in [6, 6.07) is 0. The molecule has 3 saturated heterocycles. The van der Waals surface area contributed by atoms with E-state index < -0.39 is 24.0 Å². The van der Waals surface area contributed by atoms with Crippen molar-refractivity contribution >= 4 is 0 Å². The highest BCUT2D eigenvalue weighted by atomic mass is 16.9. The predicted octanol–water partition coefficient (Wildman–Crippen LogP) is 5.83. The molecule has 0 bridgehead atoms. The van der Waals surface area contributed by atoms with Crippen molar-refractivity contribution < 1.29 is 33.5 Å². The number of fused-ring (bicyclic) bond motifs is 3. The summed E-state index contributed by atoms with van der Waals surface area (Å²) in [6.45, 7) is 11.8. The third-order valence-corrected chi connectivity index (χ3v) is 7.93. The second-order valence-corrected chi connectivity index (χ2v) is 12.7. The van der Waals surface area contributed by atoms with Gasteiger partial charge in [-0.2, -0.15) is 0 Å². The van der Waals surface area contributed by atoms with Gasteiger partial charge in [0.05, 0.1) is 19.3 Å². The largest absolute Gasteiger partial charge is 0.389 e. The Hall–Kier alpha value is -0.320. The number of aliphatic hydroxyl groups excluding tert-OH is 1. The maximum Gasteiger partial charge on any atom is 0.190 e. The highest BCUT2D eigenvalue weighted by molar-refractivity contribution is 5.00. The first-order chi connectivity index (χ1) is 18.7. The van der Waals surface area contributed by atoms with Crippen LogP contribution in [0.2, 0.25) is 0 Å². The van der Waals surface area contributed by atoms with Crippen molar-refractivity contribution in [2.24, 2.45) is 0 Å². The summed E-state index contributed by atoms with van der Waals surface area (Å²) in [5.41, 5.74) is 0. The smallest absolute Gasteiger partial charge is 0.190 e. The molecule has 6 atom stereocenters. The van der Waals surface area contributed by atoms with Crippen LogP contribution in [0.4, 0.5) is 0 Å². The van der Waals surface area contributed by atoms with Crippen LogP contribution < -0.4 is 5.32 Å². The molecule has 0 aromatic heterocycles. The van der Waals surface area contributed by atoms with Crippen LogP contribution in [0.15, 0.2) is 0 Å². The van der Waals surface area contributed by atoms with Gasteiger partial charge < -0.3 is 38.8 Å². The van der Waals surface area contributed by atoms with Crippen LogP contribution in [0.5, 0.6) is 0 Å². The van der Waals surface area contributed by atoms with Crippen LogP contribution in [-0.2, 0) is 28.4 Å². The summed E-state index contributed by atoms with van der Waals surface area (Å²) in [5.74, 6) is -1.46. The van der Waals surface area contributed by atoms with Gasteiger partial charge in [-0.3, -0.25) is 0 Å².